The summed E-state index contributed by atoms with van der Waals surface area (Å²) in [6.07, 6.45) is 0.625. The number of rotatable bonds is 10. The number of aromatic nitrogens is 3. The molecule has 0 N–H and O–H groups in total. The van der Waals surface area contributed by atoms with Crippen molar-refractivity contribution >= 4 is 137 Å². The van der Waals surface area contributed by atoms with Gasteiger partial charge in [0.2, 0.25) is 0 Å². The van der Waals surface area contributed by atoms with Crippen LogP contribution in [0, 0.1) is 0 Å². The van der Waals surface area contributed by atoms with Crippen LogP contribution in [0.3, 0.4) is 0 Å². The molecule has 24 rings (SSSR count). The molecule has 0 fully saturated rings. The lowest BCUT2D eigenvalue weighted by Gasteiger charge is -2.30. The van der Waals surface area contributed by atoms with Gasteiger partial charge in [-0.25, -0.2) is 0 Å². The minimum absolute atomic E-state index is 0.370. The predicted octanol–water partition coefficient (Wildman–Crippen LogP) is 28.6. The van der Waals surface area contributed by atoms with Crippen LogP contribution in [-0.4, -0.2) is 13.7 Å². The Hall–Kier alpha value is -14.2. The van der Waals surface area contributed by atoms with Gasteiger partial charge in [-0.15, -0.1) is 0 Å². The molecule has 0 spiro atoms. The SMILES string of the molecule is CC1(C)c2ccccc2-c2ccc3c4c(CC5(C)c6ccccc6-c6c(-c7ccc8c(c7)c7ccccc7n8-c7ccccc7)cc7c8ccc9oc%10ccccc%10c9c8n(-c8ccccc8)c7c65)cc5oc6ccccc6c5c4n(-c4ccc(-c5ccc(N(c6ccccc6)c6ccc7ccccc7c6)cc5)cc4)c3c21. The zero-order valence-corrected chi connectivity index (χ0v) is 61.9. The van der Waals surface area contributed by atoms with Gasteiger partial charge in [0, 0.05) is 88.0 Å². The largest absolute Gasteiger partial charge is 0.456 e. The van der Waals surface area contributed by atoms with Crippen molar-refractivity contribution < 1.29 is 8.83 Å². The first kappa shape index (κ1) is 62.8. The molecule has 5 aromatic heterocycles. The first-order chi connectivity index (χ1) is 55.2. The van der Waals surface area contributed by atoms with Crippen molar-refractivity contribution in [1.82, 2.24) is 13.7 Å². The van der Waals surface area contributed by atoms with E-state index in [4.69, 9.17) is 8.83 Å². The summed E-state index contributed by atoms with van der Waals surface area (Å²) < 4.78 is 21.9. The minimum Gasteiger partial charge on any atom is -0.456 e. The van der Waals surface area contributed by atoms with E-state index in [0.29, 0.717) is 6.42 Å². The van der Waals surface area contributed by atoms with Crippen molar-refractivity contribution in [3.05, 3.63) is 386 Å². The quantitative estimate of drug-likeness (QED) is 0.137. The van der Waals surface area contributed by atoms with Crippen molar-refractivity contribution in [2.75, 3.05) is 4.90 Å². The number of furan rings is 2. The Morgan fingerprint density at radius 1 is 0.286 bits per heavy atom. The van der Waals surface area contributed by atoms with E-state index in [9.17, 15) is 0 Å². The molecular formula is C106H70N4O2. The van der Waals surface area contributed by atoms with E-state index in [0.717, 1.165) is 106 Å². The Kier molecular flexibility index (Phi) is 13.1. The van der Waals surface area contributed by atoms with Crippen molar-refractivity contribution in [3.63, 3.8) is 0 Å². The average molecular weight is 1430 g/mol. The topological polar surface area (TPSA) is 44.3 Å². The summed E-state index contributed by atoms with van der Waals surface area (Å²) in [6.45, 7) is 7.44. The van der Waals surface area contributed by atoms with Gasteiger partial charge in [-0.2, -0.15) is 0 Å². The highest BCUT2D eigenvalue weighted by Gasteiger charge is 2.46. The van der Waals surface area contributed by atoms with Gasteiger partial charge in [0.05, 0.1) is 43.9 Å². The second-order valence-corrected chi connectivity index (χ2v) is 31.6. The van der Waals surface area contributed by atoms with E-state index in [1.165, 1.54) is 121 Å². The average Bonchev–Trinajstić information content (AvgIpc) is 1.51. The summed E-state index contributed by atoms with van der Waals surface area (Å²) >= 11 is 0. The Labute approximate surface area is 645 Å². The van der Waals surface area contributed by atoms with E-state index < -0.39 is 5.41 Å². The Morgan fingerprint density at radius 3 is 1.58 bits per heavy atom. The highest BCUT2D eigenvalue weighted by Crippen LogP contribution is 2.61. The number of hydrogen-bond donors (Lipinski definition) is 0. The maximum absolute atomic E-state index is 7.38. The number of benzene rings is 17. The molecule has 5 heterocycles. The number of para-hydroxylation sites is 6. The van der Waals surface area contributed by atoms with E-state index >= 15 is 0 Å². The summed E-state index contributed by atoms with van der Waals surface area (Å²) in [6, 6.07) is 133. The molecule has 526 valence electrons. The van der Waals surface area contributed by atoms with Gasteiger partial charge in [0.1, 0.15) is 22.3 Å². The van der Waals surface area contributed by atoms with Crippen LogP contribution in [0.15, 0.2) is 367 Å². The van der Waals surface area contributed by atoms with Crippen LogP contribution in [0.2, 0.25) is 0 Å². The van der Waals surface area contributed by atoms with E-state index in [1.807, 2.05) is 0 Å². The fraction of sp³-hybridized carbons (Fsp3) is 0.0566. The third-order valence-electron chi connectivity index (χ3n) is 25.2. The van der Waals surface area contributed by atoms with Gasteiger partial charge < -0.3 is 27.4 Å². The predicted molar refractivity (Wildman–Crippen MR) is 467 cm³/mol. The highest BCUT2D eigenvalue weighted by molar-refractivity contribution is 6.29. The number of nitrogens with zero attached hydrogens (tertiary/aromatic N) is 4. The normalized spacial score (nSPS) is 14.3. The van der Waals surface area contributed by atoms with Gasteiger partial charge in [0.25, 0.3) is 0 Å². The second-order valence-electron chi connectivity index (χ2n) is 31.6. The standard InChI is InChI=1S/C106H70N4O2/c1-105(2)87-38-20-15-33-76(87)78-54-55-83-95-69(61-94-98(82-37-19-24-42-92(82)112-94)104(95)110(102(83)99(78)105)74-51-45-66(46-52-74)65-43-49-73(50-44-65)107(70-27-7-4-8-28-70)75-53-47-64-25-13-14-26-67(64)59-75)63-106(3)88-39-21-16-35-80(88)96-84(68-48-57-90-85(60-68)77-34-17-22-40-89(77)108(90)71-29-9-5-10-30-71)62-86-79-56-58-93-97(81-36-18-23-41-91(81)111-93)101(79)109(103(86)100(96)106)72-31-11-6-12-32-72/h4-62H,63H2,1-3H3. The summed E-state index contributed by atoms with van der Waals surface area (Å²) in [5.41, 5.74) is 32.1. The van der Waals surface area contributed by atoms with Crippen LogP contribution in [0.1, 0.15) is 48.6 Å². The maximum Gasteiger partial charge on any atom is 0.137 e. The monoisotopic (exact) mass is 1430 g/mol. The smallest absolute Gasteiger partial charge is 0.137 e. The molecule has 1 unspecified atom stereocenters. The summed E-state index contributed by atoms with van der Waals surface area (Å²) in [5, 5.41) is 14.0. The number of anilines is 3. The van der Waals surface area contributed by atoms with E-state index in [2.05, 4.69) is 397 Å². The fourth-order valence-electron chi connectivity index (χ4n) is 20.4. The zero-order chi connectivity index (χ0) is 73.8. The lowest BCUT2D eigenvalue weighted by atomic mass is 9.73. The molecule has 0 saturated heterocycles. The minimum atomic E-state index is -0.690. The molecular weight excluding hydrogens is 1360 g/mol. The van der Waals surface area contributed by atoms with Crippen molar-refractivity contribution in [3.8, 4) is 61.6 Å². The van der Waals surface area contributed by atoms with Gasteiger partial charge in [-0.1, -0.05) is 251 Å². The van der Waals surface area contributed by atoms with E-state index in [-0.39, 0.29) is 5.41 Å². The molecule has 6 nitrogen and oxygen atoms in total. The van der Waals surface area contributed by atoms with Crippen molar-refractivity contribution in [1.29, 1.82) is 0 Å². The zero-order valence-electron chi connectivity index (χ0n) is 61.9. The first-order valence-electron chi connectivity index (χ1n) is 39.0. The van der Waals surface area contributed by atoms with Crippen LogP contribution in [0.5, 0.6) is 0 Å². The molecule has 17 aromatic carbocycles. The van der Waals surface area contributed by atoms with Gasteiger partial charge in [0.15, 0.2) is 0 Å². The van der Waals surface area contributed by atoms with Crippen LogP contribution in [0.4, 0.5) is 17.1 Å². The Bertz CT molecular complexity index is 7740. The van der Waals surface area contributed by atoms with Gasteiger partial charge in [-0.05, 0) is 217 Å². The molecule has 0 saturated carbocycles. The molecule has 2 aliphatic rings. The summed E-state index contributed by atoms with van der Waals surface area (Å²) in [5.74, 6) is 0. The van der Waals surface area contributed by atoms with E-state index in [1.54, 1.807) is 0 Å². The molecule has 112 heavy (non-hydrogen) atoms. The molecule has 6 heteroatoms. The lowest BCUT2D eigenvalue weighted by Crippen LogP contribution is -2.25. The van der Waals surface area contributed by atoms with Crippen molar-refractivity contribution in [2.45, 2.75) is 38.0 Å². The van der Waals surface area contributed by atoms with Gasteiger partial charge in [-0.3, -0.25) is 0 Å². The van der Waals surface area contributed by atoms with Crippen LogP contribution in [-0.2, 0) is 17.3 Å². The van der Waals surface area contributed by atoms with Crippen LogP contribution in [0.25, 0.3) is 182 Å². The molecule has 0 bridgehead atoms. The summed E-state index contributed by atoms with van der Waals surface area (Å²) in [7, 11) is 0. The maximum atomic E-state index is 7.38. The molecule has 0 radical (unpaired) electrons. The summed E-state index contributed by atoms with van der Waals surface area (Å²) in [4.78, 5) is 2.36. The highest BCUT2D eigenvalue weighted by atomic mass is 16.3. The number of hydrogen-bond acceptors (Lipinski definition) is 3. The molecule has 2 aliphatic carbocycles. The molecule has 0 amide bonds. The molecule has 22 aromatic rings. The Morgan fingerprint density at radius 2 is 0.830 bits per heavy atom. The lowest BCUT2D eigenvalue weighted by molar-refractivity contribution is 0.587. The van der Waals surface area contributed by atoms with Crippen molar-refractivity contribution in [2.24, 2.45) is 0 Å². The molecule has 0 aliphatic heterocycles. The molecule has 1 atom stereocenters. The first-order valence-corrected chi connectivity index (χ1v) is 39.0. The van der Waals surface area contributed by atoms with Crippen LogP contribution < -0.4 is 4.90 Å². The fourth-order valence-corrected chi connectivity index (χ4v) is 20.4. The van der Waals surface area contributed by atoms with Gasteiger partial charge >= 0.3 is 0 Å². The Balaban J connectivity index is 0.769. The number of fused-ring (bicyclic) bond motifs is 26. The van der Waals surface area contributed by atoms with Crippen LogP contribution >= 0.6 is 0 Å². The third-order valence-corrected chi connectivity index (χ3v) is 25.2. The second kappa shape index (κ2) is 23.4. The third kappa shape index (κ3) is 8.80.